The molecule has 0 saturated heterocycles. The Kier molecular flexibility index (Phi) is 6.39. The third-order valence-corrected chi connectivity index (χ3v) is 5.89. The highest BCUT2D eigenvalue weighted by Gasteiger charge is 2.12. The second-order valence-electron chi connectivity index (χ2n) is 8.03. The number of benzene rings is 5. The van der Waals surface area contributed by atoms with Crippen LogP contribution in [0.15, 0.2) is 108 Å². The van der Waals surface area contributed by atoms with Crippen LogP contribution in [0.3, 0.4) is 0 Å². The number of para-hydroxylation sites is 1. The fourth-order valence-corrected chi connectivity index (χ4v) is 4.16. The Bertz CT molecular complexity index is 1530. The number of amides is 1. The zero-order chi connectivity index (χ0) is 24.0. The Hall–Kier alpha value is -4.64. The summed E-state index contributed by atoms with van der Waals surface area (Å²) in [7, 11) is 1.60. The lowest BCUT2D eigenvalue weighted by atomic mass is 10.0. The summed E-state index contributed by atoms with van der Waals surface area (Å²) >= 11 is 0. The Labute approximate surface area is 203 Å². The van der Waals surface area contributed by atoms with E-state index >= 15 is 0 Å². The van der Waals surface area contributed by atoms with Gasteiger partial charge >= 0.3 is 0 Å². The van der Waals surface area contributed by atoms with E-state index in [1.165, 1.54) is 0 Å². The average molecular weight is 461 g/mol. The molecule has 0 aliphatic carbocycles. The number of fused-ring (bicyclic) bond motifs is 2. The molecule has 0 radical (unpaired) electrons. The second-order valence-corrected chi connectivity index (χ2v) is 8.03. The maximum Gasteiger partial charge on any atom is 0.271 e. The van der Waals surface area contributed by atoms with Gasteiger partial charge in [-0.05, 0) is 45.3 Å². The fourth-order valence-electron chi connectivity index (χ4n) is 4.16. The Morgan fingerprint density at radius 3 is 2.26 bits per heavy atom. The molecule has 0 unspecified atom stereocenters. The summed E-state index contributed by atoms with van der Waals surface area (Å²) in [5.74, 6) is 0.875. The number of ether oxygens (including phenoxy) is 2. The lowest BCUT2D eigenvalue weighted by Crippen LogP contribution is -2.18. The van der Waals surface area contributed by atoms with Crippen molar-refractivity contribution in [3.8, 4) is 11.5 Å². The smallest absolute Gasteiger partial charge is 0.271 e. The first-order valence-electron chi connectivity index (χ1n) is 11.3. The Morgan fingerprint density at radius 1 is 0.800 bits per heavy atom. The van der Waals surface area contributed by atoms with Gasteiger partial charge in [-0.1, -0.05) is 84.9 Å². The molecule has 5 rings (SSSR count). The first kappa shape index (κ1) is 22.2. The van der Waals surface area contributed by atoms with Crippen molar-refractivity contribution in [3.05, 3.63) is 120 Å². The first-order valence-corrected chi connectivity index (χ1v) is 11.3. The lowest BCUT2D eigenvalue weighted by molar-refractivity contribution is 0.0957. The highest BCUT2D eigenvalue weighted by atomic mass is 16.5. The molecule has 0 bridgehead atoms. The van der Waals surface area contributed by atoms with Crippen molar-refractivity contribution in [2.24, 2.45) is 5.10 Å². The van der Waals surface area contributed by atoms with E-state index in [1.807, 2.05) is 72.8 Å². The van der Waals surface area contributed by atoms with Crippen LogP contribution in [0.1, 0.15) is 21.5 Å². The summed E-state index contributed by atoms with van der Waals surface area (Å²) in [5.41, 5.74) is 4.97. The lowest BCUT2D eigenvalue weighted by Gasteiger charge is -2.14. The number of rotatable bonds is 7. The summed E-state index contributed by atoms with van der Waals surface area (Å²) in [6, 6.07) is 33.3. The van der Waals surface area contributed by atoms with Gasteiger partial charge in [0.2, 0.25) is 0 Å². The minimum absolute atomic E-state index is 0.279. The van der Waals surface area contributed by atoms with Crippen molar-refractivity contribution < 1.29 is 14.3 Å². The topological polar surface area (TPSA) is 59.9 Å². The molecule has 0 aliphatic heterocycles. The van der Waals surface area contributed by atoms with Gasteiger partial charge in [0.05, 0.1) is 13.3 Å². The number of hydrazone groups is 1. The molecular weight excluding hydrogens is 436 g/mol. The van der Waals surface area contributed by atoms with Gasteiger partial charge in [-0.3, -0.25) is 4.79 Å². The van der Waals surface area contributed by atoms with Gasteiger partial charge in [-0.15, -0.1) is 0 Å². The minimum Gasteiger partial charge on any atom is -0.493 e. The predicted octanol–water partition coefficient (Wildman–Crippen LogP) is 6.34. The number of hydrogen-bond donors (Lipinski definition) is 1. The van der Waals surface area contributed by atoms with Crippen molar-refractivity contribution in [1.82, 2.24) is 5.43 Å². The zero-order valence-corrected chi connectivity index (χ0v) is 19.3. The number of nitrogens with zero attached hydrogens (tertiary/aromatic N) is 1. The number of carbonyl (C=O) groups excluding carboxylic acids is 1. The van der Waals surface area contributed by atoms with Gasteiger partial charge in [0.1, 0.15) is 6.61 Å². The molecule has 0 aromatic heterocycles. The summed E-state index contributed by atoms with van der Waals surface area (Å²) in [5, 5.41) is 8.38. The van der Waals surface area contributed by atoms with E-state index in [0.29, 0.717) is 29.2 Å². The minimum atomic E-state index is -0.279. The molecule has 0 saturated carbocycles. The molecule has 5 aromatic carbocycles. The van der Waals surface area contributed by atoms with E-state index in [0.717, 1.165) is 27.1 Å². The predicted molar refractivity (Wildman–Crippen MR) is 140 cm³/mol. The fraction of sp³-hybridized carbons (Fsp3) is 0.0667. The van der Waals surface area contributed by atoms with Crippen molar-refractivity contribution in [2.45, 2.75) is 6.61 Å². The third-order valence-electron chi connectivity index (χ3n) is 5.89. The second kappa shape index (κ2) is 10.1. The Morgan fingerprint density at radius 2 is 1.46 bits per heavy atom. The molecule has 1 amide bonds. The van der Waals surface area contributed by atoms with E-state index in [1.54, 1.807) is 19.4 Å². The van der Waals surface area contributed by atoms with Crippen LogP contribution in [0.25, 0.3) is 21.5 Å². The standard InChI is InChI=1S/C30H24N2O3/c1-34-28-18-8-13-23(29(28)35-20-24-14-6-11-21-9-2-4-15-25(21)24)19-31-32-30(33)27-17-7-12-22-10-3-5-16-26(22)27/h2-19H,20H2,1H3,(H,32,33)/b31-19-. The molecule has 0 spiro atoms. The van der Waals surface area contributed by atoms with Crippen molar-refractivity contribution in [1.29, 1.82) is 0 Å². The van der Waals surface area contributed by atoms with Crippen LogP contribution in [-0.4, -0.2) is 19.2 Å². The average Bonchev–Trinajstić information content (AvgIpc) is 2.91. The van der Waals surface area contributed by atoms with Crippen LogP contribution in [0.2, 0.25) is 0 Å². The van der Waals surface area contributed by atoms with Crippen LogP contribution in [0, 0.1) is 0 Å². The highest BCUT2D eigenvalue weighted by molar-refractivity contribution is 6.07. The van der Waals surface area contributed by atoms with Crippen LogP contribution in [0.5, 0.6) is 11.5 Å². The number of nitrogens with one attached hydrogen (secondary N) is 1. The van der Waals surface area contributed by atoms with Crippen LogP contribution >= 0.6 is 0 Å². The Balaban J connectivity index is 1.37. The van der Waals surface area contributed by atoms with Gasteiger partial charge in [0.15, 0.2) is 11.5 Å². The van der Waals surface area contributed by atoms with Crippen LogP contribution in [-0.2, 0) is 6.61 Å². The molecule has 0 atom stereocenters. The molecule has 35 heavy (non-hydrogen) atoms. The maximum atomic E-state index is 12.8. The largest absolute Gasteiger partial charge is 0.493 e. The van der Waals surface area contributed by atoms with E-state index in [4.69, 9.17) is 9.47 Å². The molecular formula is C30H24N2O3. The molecule has 0 fully saturated rings. The summed E-state index contributed by atoms with van der Waals surface area (Å²) in [4.78, 5) is 12.8. The molecule has 1 N–H and O–H groups in total. The van der Waals surface area contributed by atoms with Gasteiger partial charge in [-0.25, -0.2) is 5.43 Å². The molecule has 0 heterocycles. The molecule has 5 nitrogen and oxygen atoms in total. The van der Waals surface area contributed by atoms with Gasteiger partial charge in [0, 0.05) is 11.1 Å². The number of methoxy groups -OCH3 is 1. The van der Waals surface area contributed by atoms with E-state index in [9.17, 15) is 4.79 Å². The van der Waals surface area contributed by atoms with E-state index in [-0.39, 0.29) is 5.91 Å². The van der Waals surface area contributed by atoms with Gasteiger partial charge in [0.25, 0.3) is 5.91 Å². The third kappa shape index (κ3) is 4.70. The van der Waals surface area contributed by atoms with Crippen LogP contribution in [0.4, 0.5) is 0 Å². The van der Waals surface area contributed by atoms with Crippen molar-refractivity contribution in [2.75, 3.05) is 7.11 Å². The van der Waals surface area contributed by atoms with Gasteiger partial charge in [-0.2, -0.15) is 5.10 Å². The molecule has 172 valence electrons. The first-order chi connectivity index (χ1) is 17.2. The summed E-state index contributed by atoms with van der Waals surface area (Å²) in [6.07, 6.45) is 1.57. The zero-order valence-electron chi connectivity index (χ0n) is 19.3. The summed E-state index contributed by atoms with van der Waals surface area (Å²) < 4.78 is 11.8. The van der Waals surface area contributed by atoms with Gasteiger partial charge < -0.3 is 9.47 Å². The molecule has 5 aromatic rings. The normalized spacial score (nSPS) is 11.1. The molecule has 0 aliphatic rings. The summed E-state index contributed by atoms with van der Waals surface area (Å²) in [6.45, 7) is 0.366. The monoisotopic (exact) mass is 460 g/mol. The van der Waals surface area contributed by atoms with Crippen LogP contribution < -0.4 is 14.9 Å². The van der Waals surface area contributed by atoms with E-state index < -0.39 is 0 Å². The number of carbonyl (C=O) groups is 1. The SMILES string of the molecule is COc1cccc(/C=N\NC(=O)c2cccc3ccccc23)c1OCc1cccc2ccccc12. The highest BCUT2D eigenvalue weighted by Crippen LogP contribution is 2.31. The van der Waals surface area contributed by atoms with Crippen molar-refractivity contribution >= 4 is 33.7 Å². The molecule has 5 heteroatoms. The quantitative estimate of drug-likeness (QED) is 0.228. The van der Waals surface area contributed by atoms with E-state index in [2.05, 4.69) is 34.8 Å². The number of hydrogen-bond acceptors (Lipinski definition) is 4. The maximum absolute atomic E-state index is 12.8. The van der Waals surface area contributed by atoms with Crippen molar-refractivity contribution in [3.63, 3.8) is 0 Å².